The SMILES string of the molecule is O=Cc1c(I)ccc2sc(S)cc12. The van der Waals surface area contributed by atoms with Gasteiger partial charge in [-0.05, 0) is 40.8 Å². The van der Waals surface area contributed by atoms with Gasteiger partial charge in [0.15, 0.2) is 6.29 Å². The molecule has 0 spiro atoms. The third-order valence-corrected chi connectivity index (χ3v) is 4.04. The van der Waals surface area contributed by atoms with Crippen LogP contribution >= 0.6 is 46.6 Å². The Morgan fingerprint density at radius 3 is 2.92 bits per heavy atom. The van der Waals surface area contributed by atoms with Crippen molar-refractivity contribution in [3.05, 3.63) is 27.3 Å². The normalized spacial score (nSPS) is 10.6. The smallest absolute Gasteiger partial charge is 0.151 e. The van der Waals surface area contributed by atoms with Gasteiger partial charge in [-0.1, -0.05) is 0 Å². The fraction of sp³-hybridized carbons (Fsp3) is 0. The zero-order valence-electron chi connectivity index (χ0n) is 6.45. The highest BCUT2D eigenvalue weighted by molar-refractivity contribution is 14.1. The van der Waals surface area contributed by atoms with Crippen LogP contribution in [0.15, 0.2) is 22.4 Å². The summed E-state index contributed by atoms with van der Waals surface area (Å²) >= 11 is 8.02. The molecule has 0 amide bonds. The van der Waals surface area contributed by atoms with Crippen LogP contribution in [0, 0.1) is 3.57 Å². The summed E-state index contributed by atoms with van der Waals surface area (Å²) in [6, 6.07) is 5.92. The van der Waals surface area contributed by atoms with E-state index in [4.69, 9.17) is 0 Å². The minimum Gasteiger partial charge on any atom is -0.298 e. The molecular formula is C9H5IOS2. The molecule has 2 aromatic rings. The Hall–Kier alpha value is -0.0700. The number of thiophene rings is 1. The lowest BCUT2D eigenvalue weighted by atomic mass is 10.1. The fourth-order valence-corrected chi connectivity index (χ4v) is 3.05. The van der Waals surface area contributed by atoms with E-state index in [1.54, 1.807) is 11.3 Å². The summed E-state index contributed by atoms with van der Waals surface area (Å²) in [5.74, 6) is 0. The third-order valence-electron chi connectivity index (χ3n) is 1.79. The van der Waals surface area contributed by atoms with E-state index in [2.05, 4.69) is 35.2 Å². The Morgan fingerprint density at radius 1 is 1.46 bits per heavy atom. The highest BCUT2D eigenvalue weighted by atomic mass is 127. The van der Waals surface area contributed by atoms with Crippen LogP contribution in [0.2, 0.25) is 0 Å². The Morgan fingerprint density at radius 2 is 2.23 bits per heavy atom. The molecule has 0 saturated heterocycles. The molecule has 1 aromatic carbocycles. The van der Waals surface area contributed by atoms with E-state index >= 15 is 0 Å². The molecular weight excluding hydrogens is 315 g/mol. The number of hydrogen-bond acceptors (Lipinski definition) is 3. The predicted octanol–water partition coefficient (Wildman–Crippen LogP) is 3.61. The van der Waals surface area contributed by atoms with Gasteiger partial charge in [-0.25, -0.2) is 0 Å². The van der Waals surface area contributed by atoms with Crippen LogP contribution in [-0.2, 0) is 0 Å². The minimum atomic E-state index is 0.773. The monoisotopic (exact) mass is 320 g/mol. The molecule has 66 valence electrons. The van der Waals surface area contributed by atoms with Gasteiger partial charge in [-0.2, -0.15) is 0 Å². The first-order valence-electron chi connectivity index (χ1n) is 3.58. The molecule has 2 rings (SSSR count). The van der Waals surface area contributed by atoms with Crippen molar-refractivity contribution in [2.75, 3.05) is 0 Å². The third kappa shape index (κ3) is 1.62. The van der Waals surface area contributed by atoms with E-state index in [1.165, 1.54) is 0 Å². The van der Waals surface area contributed by atoms with Gasteiger partial charge in [0.05, 0.1) is 4.21 Å². The molecule has 0 radical (unpaired) electrons. The van der Waals surface area contributed by atoms with Gasteiger partial charge in [0.1, 0.15) is 0 Å². The first kappa shape index (κ1) is 9.48. The van der Waals surface area contributed by atoms with Gasteiger partial charge in [-0.3, -0.25) is 4.79 Å². The number of fused-ring (bicyclic) bond motifs is 1. The van der Waals surface area contributed by atoms with E-state index < -0.39 is 0 Å². The second kappa shape index (κ2) is 3.59. The van der Waals surface area contributed by atoms with Crippen LogP contribution in [0.1, 0.15) is 10.4 Å². The maximum absolute atomic E-state index is 10.8. The minimum absolute atomic E-state index is 0.773. The zero-order chi connectivity index (χ0) is 9.42. The van der Waals surface area contributed by atoms with Crippen molar-refractivity contribution >= 4 is 62.9 Å². The molecule has 0 aliphatic heterocycles. The lowest BCUT2D eigenvalue weighted by Crippen LogP contribution is -1.84. The second-order valence-electron chi connectivity index (χ2n) is 2.58. The molecule has 0 N–H and O–H groups in total. The number of carbonyl (C=O) groups is 1. The van der Waals surface area contributed by atoms with Crippen LogP contribution in [0.25, 0.3) is 10.1 Å². The summed E-state index contributed by atoms with van der Waals surface area (Å²) in [5, 5.41) is 1.01. The van der Waals surface area contributed by atoms with Gasteiger partial charge in [0.25, 0.3) is 0 Å². The Kier molecular flexibility index (Phi) is 2.62. The number of halogens is 1. The molecule has 0 atom stereocenters. The molecule has 0 aliphatic carbocycles. The van der Waals surface area contributed by atoms with E-state index in [0.29, 0.717) is 0 Å². The predicted molar refractivity (Wildman–Crippen MR) is 67.2 cm³/mol. The topological polar surface area (TPSA) is 17.1 Å². The molecule has 0 aliphatic rings. The summed E-state index contributed by atoms with van der Waals surface area (Å²) in [5.41, 5.74) is 0.773. The highest BCUT2D eigenvalue weighted by Crippen LogP contribution is 2.31. The second-order valence-corrected chi connectivity index (χ2v) is 5.61. The van der Waals surface area contributed by atoms with E-state index in [-0.39, 0.29) is 0 Å². The van der Waals surface area contributed by atoms with Crippen molar-refractivity contribution in [3.63, 3.8) is 0 Å². The average Bonchev–Trinajstić information content (AvgIpc) is 2.45. The Balaban J connectivity index is 2.90. The van der Waals surface area contributed by atoms with E-state index in [0.717, 1.165) is 29.7 Å². The Bertz CT molecular complexity index is 476. The lowest BCUT2D eigenvalue weighted by molar-refractivity contribution is 0.112. The van der Waals surface area contributed by atoms with Crippen molar-refractivity contribution in [2.24, 2.45) is 0 Å². The van der Waals surface area contributed by atoms with Crippen molar-refractivity contribution in [1.82, 2.24) is 0 Å². The summed E-state index contributed by atoms with van der Waals surface area (Å²) in [7, 11) is 0. The average molecular weight is 320 g/mol. The molecule has 0 saturated carbocycles. The van der Waals surface area contributed by atoms with Crippen LogP contribution in [0.4, 0.5) is 0 Å². The molecule has 1 nitrogen and oxygen atoms in total. The number of hydrogen-bond donors (Lipinski definition) is 1. The number of carbonyl (C=O) groups excluding carboxylic acids is 1. The summed E-state index contributed by atoms with van der Waals surface area (Å²) in [4.78, 5) is 10.8. The largest absolute Gasteiger partial charge is 0.298 e. The first-order valence-corrected chi connectivity index (χ1v) is 5.93. The first-order chi connectivity index (χ1) is 6.22. The number of benzene rings is 1. The quantitative estimate of drug-likeness (QED) is 0.483. The number of aldehydes is 1. The summed E-state index contributed by atoms with van der Waals surface area (Å²) < 4.78 is 3.05. The maximum atomic E-state index is 10.8. The molecule has 1 heterocycles. The maximum Gasteiger partial charge on any atom is 0.151 e. The van der Waals surface area contributed by atoms with Gasteiger partial charge >= 0.3 is 0 Å². The van der Waals surface area contributed by atoms with Crippen molar-refractivity contribution in [3.8, 4) is 0 Å². The fourth-order valence-electron chi connectivity index (χ4n) is 1.21. The molecule has 1 aromatic heterocycles. The van der Waals surface area contributed by atoms with Crippen molar-refractivity contribution in [2.45, 2.75) is 4.21 Å². The molecule has 4 heteroatoms. The van der Waals surface area contributed by atoms with E-state index in [1.807, 2.05) is 18.2 Å². The van der Waals surface area contributed by atoms with Crippen molar-refractivity contribution in [1.29, 1.82) is 0 Å². The Labute approximate surface area is 98.7 Å². The number of thiol groups is 1. The van der Waals surface area contributed by atoms with Gasteiger partial charge in [0.2, 0.25) is 0 Å². The van der Waals surface area contributed by atoms with Crippen LogP contribution in [-0.4, -0.2) is 6.29 Å². The van der Waals surface area contributed by atoms with Gasteiger partial charge < -0.3 is 0 Å². The molecule has 13 heavy (non-hydrogen) atoms. The van der Waals surface area contributed by atoms with Crippen LogP contribution in [0.3, 0.4) is 0 Å². The van der Waals surface area contributed by atoms with Crippen molar-refractivity contribution < 1.29 is 4.79 Å². The summed E-state index contributed by atoms with van der Waals surface area (Å²) in [6.07, 6.45) is 0.907. The van der Waals surface area contributed by atoms with Gasteiger partial charge in [-0.15, -0.1) is 24.0 Å². The molecule has 0 unspecified atom stereocenters. The standard InChI is InChI=1S/C9H5IOS2/c10-7-1-2-8-5(6(7)4-11)3-9(12)13-8/h1-4,12H. The van der Waals surface area contributed by atoms with Crippen LogP contribution < -0.4 is 0 Å². The molecule has 0 bridgehead atoms. The lowest BCUT2D eigenvalue weighted by Gasteiger charge is -1.96. The number of rotatable bonds is 1. The summed E-state index contributed by atoms with van der Waals surface area (Å²) in [6.45, 7) is 0. The molecule has 0 fully saturated rings. The highest BCUT2D eigenvalue weighted by Gasteiger charge is 2.07. The van der Waals surface area contributed by atoms with E-state index in [9.17, 15) is 4.79 Å². The van der Waals surface area contributed by atoms with Crippen LogP contribution in [0.5, 0.6) is 0 Å². The zero-order valence-corrected chi connectivity index (χ0v) is 10.3. The van der Waals surface area contributed by atoms with Gasteiger partial charge in [0, 0.05) is 19.2 Å².